The molecule has 1 aromatic carbocycles. The minimum absolute atomic E-state index is 0. The number of hydrogen-bond donors (Lipinski definition) is 3. The van der Waals surface area contributed by atoms with Gasteiger partial charge >= 0.3 is 6.09 Å². The monoisotopic (exact) mass is 567 g/mol. The van der Waals surface area contributed by atoms with Crippen LogP contribution in [-0.2, 0) is 21.2 Å². The molecule has 0 spiro atoms. The SMILES string of the molecule is CN=C(NCCc1ccc(NC(=O)OC(C)(C)C)cc1)NCCN1CCCS1(=O)=O.I. The number of rotatable bonds is 7. The van der Waals surface area contributed by atoms with Gasteiger partial charge in [-0.2, -0.15) is 0 Å². The van der Waals surface area contributed by atoms with Gasteiger partial charge in [0.05, 0.1) is 5.75 Å². The van der Waals surface area contributed by atoms with Gasteiger partial charge in [-0.15, -0.1) is 24.0 Å². The fourth-order valence-corrected chi connectivity index (χ4v) is 4.49. The minimum Gasteiger partial charge on any atom is -0.444 e. The fourth-order valence-electron chi connectivity index (χ4n) is 2.96. The number of anilines is 1. The molecular formula is C20H34IN5O4S. The highest BCUT2D eigenvalue weighted by molar-refractivity contribution is 14.0. The molecule has 2 rings (SSSR count). The van der Waals surface area contributed by atoms with E-state index in [0.29, 0.717) is 44.2 Å². The number of sulfonamides is 1. The molecular weight excluding hydrogens is 533 g/mol. The summed E-state index contributed by atoms with van der Waals surface area (Å²) < 4.78 is 30.4. The zero-order chi connectivity index (χ0) is 22.2. The standard InChI is InChI=1S/C20H33N5O4S.HI/c1-20(2,3)29-19(26)24-17-8-6-16(7-9-17)10-11-22-18(21-4)23-12-14-25-13-5-15-30(25,27)28;/h6-9H,5,10-15H2,1-4H3,(H,24,26)(H2,21,22,23);1H. The summed E-state index contributed by atoms with van der Waals surface area (Å²) in [5.74, 6) is 0.876. The largest absolute Gasteiger partial charge is 0.444 e. The molecule has 0 radical (unpaired) electrons. The number of carbonyl (C=O) groups excluding carboxylic acids is 1. The van der Waals surface area contributed by atoms with Crippen molar-refractivity contribution in [2.75, 3.05) is 44.3 Å². The third-order valence-corrected chi connectivity index (χ3v) is 6.34. The van der Waals surface area contributed by atoms with Crippen LogP contribution in [0.15, 0.2) is 29.3 Å². The molecule has 1 heterocycles. The van der Waals surface area contributed by atoms with Gasteiger partial charge in [0.25, 0.3) is 0 Å². The summed E-state index contributed by atoms with van der Waals surface area (Å²) in [6.07, 6.45) is 0.989. The molecule has 1 aromatic rings. The number of guanidine groups is 1. The van der Waals surface area contributed by atoms with Crippen LogP contribution in [0.5, 0.6) is 0 Å². The van der Waals surface area contributed by atoms with E-state index in [0.717, 1.165) is 12.0 Å². The van der Waals surface area contributed by atoms with E-state index in [4.69, 9.17) is 4.74 Å². The number of benzene rings is 1. The van der Waals surface area contributed by atoms with Crippen LogP contribution in [-0.4, -0.2) is 69.4 Å². The summed E-state index contributed by atoms with van der Waals surface area (Å²) in [6.45, 7) is 7.66. The zero-order valence-electron chi connectivity index (χ0n) is 18.6. The number of ether oxygens (including phenoxy) is 1. The maximum atomic E-state index is 11.8. The summed E-state index contributed by atoms with van der Waals surface area (Å²) in [7, 11) is -1.39. The van der Waals surface area contributed by atoms with E-state index in [9.17, 15) is 13.2 Å². The van der Waals surface area contributed by atoms with Crippen LogP contribution < -0.4 is 16.0 Å². The number of carbonyl (C=O) groups is 1. The van der Waals surface area contributed by atoms with Crippen LogP contribution in [0.3, 0.4) is 0 Å². The van der Waals surface area contributed by atoms with Crippen LogP contribution >= 0.6 is 24.0 Å². The van der Waals surface area contributed by atoms with Crippen molar-refractivity contribution in [1.29, 1.82) is 0 Å². The third-order valence-electron chi connectivity index (χ3n) is 4.39. The number of halogens is 1. The minimum atomic E-state index is -3.07. The molecule has 1 fully saturated rings. The Morgan fingerprint density at radius 2 is 1.81 bits per heavy atom. The Labute approximate surface area is 202 Å². The summed E-state index contributed by atoms with van der Waals surface area (Å²) in [5.41, 5.74) is 1.25. The van der Waals surface area contributed by atoms with Crippen LogP contribution in [0.25, 0.3) is 0 Å². The van der Waals surface area contributed by atoms with Crippen LogP contribution in [0.4, 0.5) is 10.5 Å². The van der Waals surface area contributed by atoms with E-state index in [-0.39, 0.29) is 29.7 Å². The molecule has 1 amide bonds. The van der Waals surface area contributed by atoms with E-state index in [1.165, 1.54) is 4.31 Å². The van der Waals surface area contributed by atoms with E-state index in [1.54, 1.807) is 7.05 Å². The molecule has 11 heteroatoms. The molecule has 1 saturated heterocycles. The molecule has 0 bridgehead atoms. The summed E-state index contributed by atoms with van der Waals surface area (Å²) in [6, 6.07) is 7.57. The van der Waals surface area contributed by atoms with Gasteiger partial charge in [-0.1, -0.05) is 12.1 Å². The van der Waals surface area contributed by atoms with Gasteiger partial charge in [0, 0.05) is 38.9 Å². The maximum absolute atomic E-state index is 11.8. The van der Waals surface area contributed by atoms with Crippen molar-refractivity contribution in [3.8, 4) is 0 Å². The average molecular weight is 567 g/mol. The second kappa shape index (κ2) is 12.4. The second-order valence-corrected chi connectivity index (χ2v) is 10.2. The lowest BCUT2D eigenvalue weighted by molar-refractivity contribution is 0.0636. The van der Waals surface area contributed by atoms with Gasteiger partial charge in [0.1, 0.15) is 5.60 Å². The summed E-state index contributed by atoms with van der Waals surface area (Å²) in [5, 5.41) is 9.07. The highest BCUT2D eigenvalue weighted by Crippen LogP contribution is 2.13. The molecule has 0 saturated carbocycles. The molecule has 31 heavy (non-hydrogen) atoms. The van der Waals surface area contributed by atoms with Gasteiger partial charge in [0.2, 0.25) is 10.0 Å². The lowest BCUT2D eigenvalue weighted by Crippen LogP contribution is -2.42. The Hall–Kier alpha value is -1.60. The van der Waals surface area contributed by atoms with E-state index < -0.39 is 21.7 Å². The van der Waals surface area contributed by atoms with E-state index >= 15 is 0 Å². The Morgan fingerprint density at radius 3 is 2.35 bits per heavy atom. The highest BCUT2D eigenvalue weighted by atomic mass is 127. The Kier molecular flexibility index (Phi) is 11.0. The van der Waals surface area contributed by atoms with Gasteiger partial charge in [-0.05, 0) is 51.3 Å². The highest BCUT2D eigenvalue weighted by Gasteiger charge is 2.27. The summed E-state index contributed by atoms with van der Waals surface area (Å²) in [4.78, 5) is 16.0. The fraction of sp³-hybridized carbons (Fsp3) is 0.600. The molecule has 0 aliphatic carbocycles. The van der Waals surface area contributed by atoms with Crippen molar-refractivity contribution in [2.24, 2.45) is 4.99 Å². The van der Waals surface area contributed by atoms with Gasteiger partial charge < -0.3 is 15.4 Å². The van der Waals surface area contributed by atoms with Crippen molar-refractivity contribution in [2.45, 2.75) is 39.2 Å². The number of hydrogen-bond acceptors (Lipinski definition) is 5. The van der Waals surface area contributed by atoms with E-state index in [2.05, 4.69) is 20.9 Å². The predicted molar refractivity (Wildman–Crippen MR) is 135 cm³/mol. The predicted octanol–water partition coefficient (Wildman–Crippen LogP) is 2.39. The molecule has 1 aliphatic rings. The molecule has 1 aliphatic heterocycles. The maximum Gasteiger partial charge on any atom is 0.412 e. The first-order valence-corrected chi connectivity index (χ1v) is 11.7. The van der Waals surface area contributed by atoms with Crippen molar-refractivity contribution in [3.05, 3.63) is 29.8 Å². The molecule has 0 atom stereocenters. The molecule has 9 nitrogen and oxygen atoms in total. The smallest absolute Gasteiger partial charge is 0.412 e. The van der Waals surface area contributed by atoms with E-state index in [1.807, 2.05) is 45.0 Å². The Morgan fingerprint density at radius 1 is 1.16 bits per heavy atom. The van der Waals surface area contributed by atoms with Gasteiger partial charge in [-0.3, -0.25) is 10.3 Å². The van der Waals surface area contributed by atoms with Crippen LogP contribution in [0.2, 0.25) is 0 Å². The van der Waals surface area contributed by atoms with Crippen LogP contribution in [0, 0.1) is 0 Å². The van der Waals surface area contributed by atoms with Gasteiger partial charge in [0.15, 0.2) is 5.96 Å². The van der Waals surface area contributed by atoms with Crippen molar-refractivity contribution >= 4 is 51.7 Å². The summed E-state index contributed by atoms with van der Waals surface area (Å²) >= 11 is 0. The quantitative estimate of drug-likeness (QED) is 0.265. The first-order chi connectivity index (χ1) is 14.1. The number of nitrogens with one attached hydrogen (secondary N) is 3. The molecule has 0 unspecified atom stereocenters. The van der Waals surface area contributed by atoms with Crippen molar-refractivity contribution in [3.63, 3.8) is 0 Å². The zero-order valence-corrected chi connectivity index (χ0v) is 21.7. The molecule has 3 N–H and O–H groups in total. The first kappa shape index (κ1) is 27.4. The first-order valence-electron chi connectivity index (χ1n) is 10.1. The van der Waals surface area contributed by atoms with Crippen molar-refractivity contribution < 1.29 is 17.9 Å². The number of nitrogens with zero attached hydrogens (tertiary/aromatic N) is 2. The topological polar surface area (TPSA) is 112 Å². The Balaban J connectivity index is 0.00000480. The van der Waals surface area contributed by atoms with Crippen LogP contribution in [0.1, 0.15) is 32.8 Å². The lowest BCUT2D eigenvalue weighted by Gasteiger charge is -2.19. The lowest BCUT2D eigenvalue weighted by atomic mass is 10.1. The number of amides is 1. The average Bonchev–Trinajstić information content (AvgIpc) is 2.98. The van der Waals surface area contributed by atoms with Crippen molar-refractivity contribution in [1.82, 2.24) is 14.9 Å². The van der Waals surface area contributed by atoms with Gasteiger partial charge in [-0.25, -0.2) is 17.5 Å². The molecule has 176 valence electrons. The normalized spacial score (nSPS) is 16.3. The third kappa shape index (κ3) is 10.0. The Bertz CT molecular complexity index is 838. The second-order valence-electron chi connectivity index (χ2n) is 8.07. The molecule has 0 aromatic heterocycles. The number of aliphatic imine (C=N–C) groups is 1.